The highest BCUT2D eigenvalue weighted by molar-refractivity contribution is 7.90. The predicted octanol–water partition coefficient (Wildman–Crippen LogP) is 7.40. The van der Waals surface area contributed by atoms with Crippen LogP contribution in [0.15, 0.2) is 156 Å². The maximum Gasteiger partial charge on any atom is 0.268 e. The molecule has 0 spiro atoms. The van der Waals surface area contributed by atoms with Gasteiger partial charge in [0.1, 0.15) is 0 Å². The summed E-state index contributed by atoms with van der Waals surface area (Å²) < 4.78 is 57.2. The quantitative estimate of drug-likeness (QED) is 0.203. The van der Waals surface area contributed by atoms with Crippen LogP contribution in [0.25, 0.3) is 44.1 Å². The van der Waals surface area contributed by atoms with Crippen molar-refractivity contribution >= 4 is 41.9 Å². The highest BCUT2D eigenvalue weighted by Gasteiger charge is 2.23. The maximum atomic E-state index is 13.6. The lowest BCUT2D eigenvalue weighted by atomic mass is 9.98. The van der Waals surface area contributed by atoms with Gasteiger partial charge in [-0.1, -0.05) is 91.0 Å². The van der Waals surface area contributed by atoms with Crippen LogP contribution in [0.1, 0.15) is 0 Å². The van der Waals surface area contributed by atoms with Gasteiger partial charge >= 0.3 is 0 Å². The molecule has 206 valence electrons. The van der Waals surface area contributed by atoms with Gasteiger partial charge in [-0.05, 0) is 53.6 Å². The predicted molar refractivity (Wildman–Crippen MR) is 166 cm³/mol. The minimum atomic E-state index is -3.84. The molecular formula is C34H24N2O4S2. The molecule has 2 heterocycles. The molecule has 0 radical (unpaired) electrons. The number of fused-ring (bicyclic) bond motifs is 2. The van der Waals surface area contributed by atoms with Crippen LogP contribution in [0.5, 0.6) is 0 Å². The molecular weight excluding hydrogens is 565 g/mol. The van der Waals surface area contributed by atoms with Gasteiger partial charge in [-0.15, -0.1) is 0 Å². The summed E-state index contributed by atoms with van der Waals surface area (Å²) in [6.45, 7) is 0. The molecule has 0 amide bonds. The first-order valence-electron chi connectivity index (χ1n) is 13.3. The van der Waals surface area contributed by atoms with Crippen LogP contribution in [0.4, 0.5) is 0 Å². The first kappa shape index (κ1) is 26.0. The Morgan fingerprint density at radius 3 is 1.21 bits per heavy atom. The smallest absolute Gasteiger partial charge is 0.241 e. The van der Waals surface area contributed by atoms with Crippen LogP contribution in [0.3, 0.4) is 0 Å². The number of hydrogen-bond acceptors (Lipinski definition) is 4. The first-order chi connectivity index (χ1) is 20.4. The molecule has 0 unspecified atom stereocenters. The van der Waals surface area contributed by atoms with Crippen molar-refractivity contribution in [2.75, 3.05) is 0 Å². The summed E-state index contributed by atoms with van der Waals surface area (Å²) in [5, 5.41) is 1.59. The first-order valence-corrected chi connectivity index (χ1v) is 16.2. The summed E-state index contributed by atoms with van der Waals surface area (Å²) >= 11 is 0. The fourth-order valence-electron chi connectivity index (χ4n) is 5.42. The lowest BCUT2D eigenvalue weighted by molar-refractivity contribution is 0.587. The Labute approximate surface area is 243 Å². The van der Waals surface area contributed by atoms with E-state index in [2.05, 4.69) is 0 Å². The highest BCUT2D eigenvalue weighted by atomic mass is 32.2. The normalized spacial score (nSPS) is 12.2. The van der Waals surface area contributed by atoms with Gasteiger partial charge < -0.3 is 0 Å². The SMILES string of the molecule is O=S(=O)(c1ccccc1)n1cc(-c2cccc(-c3cn(S(=O)(=O)c4ccccc4)c4ccccc34)c2)c2ccccc21. The summed E-state index contributed by atoms with van der Waals surface area (Å²) in [6.07, 6.45) is 3.32. The second kappa shape index (κ2) is 9.87. The van der Waals surface area contributed by atoms with Crippen LogP contribution in [-0.2, 0) is 20.0 Å². The van der Waals surface area contributed by atoms with E-state index in [1.807, 2.05) is 60.7 Å². The zero-order chi connectivity index (χ0) is 28.9. The third-order valence-corrected chi connectivity index (χ3v) is 10.8. The van der Waals surface area contributed by atoms with E-state index in [1.54, 1.807) is 85.2 Å². The van der Waals surface area contributed by atoms with Gasteiger partial charge in [-0.2, -0.15) is 0 Å². The average Bonchev–Trinajstić information content (AvgIpc) is 3.63. The fourth-order valence-corrected chi connectivity index (χ4v) is 8.21. The van der Waals surface area contributed by atoms with E-state index in [0.717, 1.165) is 33.0 Å². The Bertz CT molecular complexity index is 2160. The van der Waals surface area contributed by atoms with Gasteiger partial charge in [0.25, 0.3) is 20.0 Å². The molecule has 6 nitrogen and oxygen atoms in total. The van der Waals surface area contributed by atoms with Gasteiger partial charge in [-0.25, -0.2) is 24.8 Å². The number of rotatable bonds is 6. The van der Waals surface area contributed by atoms with E-state index in [-0.39, 0.29) is 9.79 Å². The van der Waals surface area contributed by atoms with Gasteiger partial charge in [0.05, 0.1) is 20.8 Å². The number of hydrogen-bond donors (Lipinski definition) is 0. The summed E-state index contributed by atoms with van der Waals surface area (Å²) in [5.41, 5.74) is 4.29. The van der Waals surface area contributed by atoms with E-state index < -0.39 is 20.0 Å². The van der Waals surface area contributed by atoms with Crippen molar-refractivity contribution < 1.29 is 16.8 Å². The van der Waals surface area contributed by atoms with Crippen molar-refractivity contribution in [1.82, 2.24) is 7.94 Å². The molecule has 7 aromatic rings. The van der Waals surface area contributed by atoms with E-state index in [4.69, 9.17) is 0 Å². The Morgan fingerprint density at radius 1 is 0.405 bits per heavy atom. The molecule has 0 bridgehead atoms. The molecule has 8 heteroatoms. The molecule has 7 rings (SSSR count). The average molecular weight is 589 g/mol. The van der Waals surface area contributed by atoms with Gasteiger partial charge in [0, 0.05) is 34.3 Å². The zero-order valence-corrected chi connectivity index (χ0v) is 23.8. The van der Waals surface area contributed by atoms with Crippen molar-refractivity contribution in [3.05, 3.63) is 146 Å². The summed E-state index contributed by atoms with van der Waals surface area (Å²) in [4.78, 5) is 0.414. The van der Waals surface area contributed by atoms with Crippen molar-refractivity contribution in [3.63, 3.8) is 0 Å². The Hall–Kier alpha value is -4.92. The summed E-state index contributed by atoms with van der Waals surface area (Å²) in [6, 6.07) is 39.3. The van der Waals surface area contributed by atoms with Crippen LogP contribution < -0.4 is 0 Å². The van der Waals surface area contributed by atoms with Crippen LogP contribution in [0.2, 0.25) is 0 Å². The molecule has 2 aromatic heterocycles. The monoisotopic (exact) mass is 588 g/mol. The minimum Gasteiger partial charge on any atom is -0.241 e. The number of aromatic nitrogens is 2. The molecule has 0 aliphatic carbocycles. The van der Waals surface area contributed by atoms with Crippen molar-refractivity contribution in [2.24, 2.45) is 0 Å². The van der Waals surface area contributed by atoms with Crippen molar-refractivity contribution in [3.8, 4) is 22.3 Å². The summed E-state index contributed by atoms with van der Waals surface area (Å²) in [5.74, 6) is 0. The topological polar surface area (TPSA) is 78.1 Å². The van der Waals surface area contributed by atoms with Crippen molar-refractivity contribution in [1.29, 1.82) is 0 Å². The van der Waals surface area contributed by atoms with E-state index in [9.17, 15) is 16.8 Å². The van der Waals surface area contributed by atoms with Gasteiger partial charge in [-0.3, -0.25) is 0 Å². The minimum absolute atomic E-state index is 0.207. The molecule has 0 atom stereocenters. The Kier molecular flexibility index (Phi) is 6.11. The number of nitrogens with zero attached hydrogens (tertiary/aromatic N) is 2. The molecule has 0 aliphatic rings. The Morgan fingerprint density at radius 2 is 0.786 bits per heavy atom. The van der Waals surface area contributed by atoms with E-state index >= 15 is 0 Å². The van der Waals surface area contributed by atoms with Crippen molar-refractivity contribution in [2.45, 2.75) is 9.79 Å². The summed E-state index contributed by atoms with van der Waals surface area (Å²) in [7, 11) is -7.67. The standard InChI is InChI=1S/C34H24N2O4S2/c37-41(38,27-14-3-1-4-15-27)35-23-31(29-18-7-9-20-33(29)35)25-12-11-13-26(22-25)32-24-36(34-21-10-8-19-30(32)34)42(39,40)28-16-5-2-6-17-28/h1-24H. The van der Waals surface area contributed by atoms with Crippen LogP contribution in [-0.4, -0.2) is 24.8 Å². The lowest BCUT2D eigenvalue weighted by Gasteiger charge is -2.07. The largest absolute Gasteiger partial charge is 0.268 e. The van der Waals surface area contributed by atoms with Gasteiger partial charge in [0.15, 0.2) is 0 Å². The third kappa shape index (κ3) is 4.15. The molecule has 0 aliphatic heterocycles. The van der Waals surface area contributed by atoms with Gasteiger partial charge in [0.2, 0.25) is 0 Å². The zero-order valence-electron chi connectivity index (χ0n) is 22.2. The van der Waals surface area contributed by atoms with Crippen LogP contribution >= 0.6 is 0 Å². The number of benzene rings is 5. The number of para-hydroxylation sites is 2. The van der Waals surface area contributed by atoms with E-state index in [1.165, 1.54) is 7.94 Å². The van der Waals surface area contributed by atoms with Crippen LogP contribution in [0, 0.1) is 0 Å². The lowest BCUT2D eigenvalue weighted by Crippen LogP contribution is -2.11. The molecule has 0 saturated carbocycles. The fraction of sp³-hybridized carbons (Fsp3) is 0. The third-order valence-electron chi connectivity index (χ3n) is 7.44. The highest BCUT2D eigenvalue weighted by Crippen LogP contribution is 2.38. The maximum absolute atomic E-state index is 13.6. The molecule has 0 N–H and O–H groups in total. The Balaban J connectivity index is 1.40. The molecule has 42 heavy (non-hydrogen) atoms. The second-order valence-electron chi connectivity index (χ2n) is 9.93. The second-order valence-corrected chi connectivity index (χ2v) is 13.6. The molecule has 0 saturated heterocycles. The van der Waals surface area contributed by atoms with E-state index in [0.29, 0.717) is 11.0 Å². The molecule has 5 aromatic carbocycles. The molecule has 0 fully saturated rings.